The summed E-state index contributed by atoms with van der Waals surface area (Å²) in [4.78, 5) is 31.9. The number of methoxy groups -OCH3 is 2. The molecule has 10 heteroatoms. The molecule has 2 amide bonds. The van der Waals surface area contributed by atoms with E-state index in [0.717, 1.165) is 16.8 Å². The van der Waals surface area contributed by atoms with Gasteiger partial charge < -0.3 is 24.6 Å². The number of carbonyl (C=O) groups is 2. The number of ether oxygens (including phenoxy) is 2. The summed E-state index contributed by atoms with van der Waals surface area (Å²) < 4.78 is 12.2. The van der Waals surface area contributed by atoms with Crippen LogP contribution in [0.2, 0.25) is 0 Å². The van der Waals surface area contributed by atoms with Crippen LogP contribution < -0.4 is 19.7 Å². The maximum Gasteiger partial charge on any atom is 0.251 e. The third-order valence-electron chi connectivity index (χ3n) is 7.18. The first-order valence-electron chi connectivity index (χ1n) is 13.8. The van der Waals surface area contributed by atoms with Gasteiger partial charge in [-0.15, -0.1) is 5.10 Å². The Hall–Kier alpha value is -5.38. The van der Waals surface area contributed by atoms with Gasteiger partial charge >= 0.3 is 0 Å². The summed E-state index contributed by atoms with van der Waals surface area (Å²) in [5.41, 5.74) is 4.50. The Bertz CT molecular complexity index is 1680. The van der Waals surface area contributed by atoms with E-state index in [1.807, 2.05) is 91.8 Å². The molecule has 1 heterocycles. The largest absolute Gasteiger partial charge is 0.497 e. The first-order chi connectivity index (χ1) is 20.9. The van der Waals surface area contributed by atoms with Gasteiger partial charge in [0.05, 0.1) is 19.7 Å². The fourth-order valence-electron chi connectivity index (χ4n) is 4.82. The van der Waals surface area contributed by atoms with Crippen LogP contribution >= 0.6 is 0 Å². The Morgan fingerprint density at radius 2 is 1.47 bits per heavy atom. The summed E-state index contributed by atoms with van der Waals surface area (Å²) >= 11 is 0. The summed E-state index contributed by atoms with van der Waals surface area (Å²) in [6.07, 6.45) is 0. The summed E-state index contributed by atoms with van der Waals surface area (Å²) in [6.45, 7) is 0.0628. The predicted octanol–water partition coefficient (Wildman–Crippen LogP) is 4.92. The zero-order valence-electron chi connectivity index (χ0n) is 24.6. The van der Waals surface area contributed by atoms with Crippen molar-refractivity contribution in [3.63, 3.8) is 0 Å². The van der Waals surface area contributed by atoms with Crippen LogP contribution in [0.25, 0.3) is 11.0 Å². The highest BCUT2D eigenvalue weighted by molar-refractivity contribution is 5.98. The fraction of sp³-hybridized carbons (Fsp3) is 0.212. The molecule has 4 aromatic carbocycles. The third kappa shape index (κ3) is 6.75. The fourth-order valence-corrected chi connectivity index (χ4v) is 4.82. The van der Waals surface area contributed by atoms with Gasteiger partial charge in [0.1, 0.15) is 29.6 Å². The van der Waals surface area contributed by atoms with Gasteiger partial charge in [-0.1, -0.05) is 41.6 Å². The van der Waals surface area contributed by atoms with Crippen LogP contribution in [-0.4, -0.2) is 60.0 Å². The molecular formula is C33H34N6O4. The van der Waals surface area contributed by atoms with Crippen molar-refractivity contribution in [1.29, 1.82) is 0 Å². The number of nitrogens with zero attached hydrogens (tertiary/aromatic N) is 5. The SMILES string of the molecule is COc1ccc(CN(C(=O)Cn2nnc3ccccc32)[C@H](C(=O)Nc2ccc(N(C)C)cc2)c2ccc(OC)cc2)cc1. The van der Waals surface area contributed by atoms with E-state index in [-0.39, 0.29) is 24.9 Å². The lowest BCUT2D eigenvalue weighted by atomic mass is 10.0. The van der Waals surface area contributed by atoms with E-state index in [9.17, 15) is 9.59 Å². The van der Waals surface area contributed by atoms with E-state index in [1.54, 1.807) is 48.1 Å². The molecule has 0 bridgehead atoms. The molecule has 0 aliphatic heterocycles. The molecule has 0 saturated heterocycles. The predicted molar refractivity (Wildman–Crippen MR) is 166 cm³/mol. The monoisotopic (exact) mass is 578 g/mol. The molecule has 0 radical (unpaired) electrons. The molecule has 0 fully saturated rings. The number of fused-ring (bicyclic) bond motifs is 1. The zero-order valence-corrected chi connectivity index (χ0v) is 24.6. The highest BCUT2D eigenvalue weighted by atomic mass is 16.5. The number of hydrogen-bond donors (Lipinski definition) is 1. The first-order valence-corrected chi connectivity index (χ1v) is 13.8. The number of rotatable bonds is 11. The molecule has 5 rings (SSSR count). The molecule has 220 valence electrons. The van der Waals surface area contributed by atoms with Crippen molar-refractivity contribution in [3.8, 4) is 11.5 Å². The molecule has 0 aliphatic carbocycles. The van der Waals surface area contributed by atoms with E-state index in [2.05, 4.69) is 15.6 Å². The zero-order chi connectivity index (χ0) is 30.3. The van der Waals surface area contributed by atoms with Crippen molar-refractivity contribution in [3.05, 3.63) is 108 Å². The average molecular weight is 579 g/mol. The summed E-state index contributed by atoms with van der Waals surface area (Å²) in [7, 11) is 7.09. The quantitative estimate of drug-likeness (QED) is 0.237. The van der Waals surface area contributed by atoms with E-state index in [4.69, 9.17) is 9.47 Å². The topological polar surface area (TPSA) is 102 Å². The summed E-state index contributed by atoms with van der Waals surface area (Å²) in [6, 6.07) is 28.6. The smallest absolute Gasteiger partial charge is 0.251 e. The number of benzene rings is 4. The van der Waals surface area contributed by atoms with Crippen LogP contribution in [0.1, 0.15) is 17.2 Å². The first kappa shape index (κ1) is 29.1. The lowest BCUT2D eigenvalue weighted by Crippen LogP contribution is -2.42. The van der Waals surface area contributed by atoms with Crippen molar-refractivity contribution >= 4 is 34.2 Å². The van der Waals surface area contributed by atoms with Crippen molar-refractivity contribution in [2.45, 2.75) is 19.1 Å². The molecule has 5 aromatic rings. The van der Waals surface area contributed by atoms with Gasteiger partial charge in [-0.2, -0.15) is 0 Å². The number of aromatic nitrogens is 3. The molecule has 0 aliphatic rings. The molecule has 0 saturated carbocycles. The Balaban J connectivity index is 1.54. The minimum absolute atomic E-state index is 0.103. The number of para-hydroxylation sites is 1. The van der Waals surface area contributed by atoms with Gasteiger partial charge in [-0.25, -0.2) is 4.68 Å². The Morgan fingerprint density at radius 1 is 0.837 bits per heavy atom. The average Bonchev–Trinajstić information content (AvgIpc) is 3.44. The van der Waals surface area contributed by atoms with Gasteiger partial charge in [-0.3, -0.25) is 9.59 Å². The minimum Gasteiger partial charge on any atom is -0.497 e. The van der Waals surface area contributed by atoms with Crippen LogP contribution in [0.4, 0.5) is 11.4 Å². The van der Waals surface area contributed by atoms with E-state index >= 15 is 0 Å². The molecule has 0 spiro atoms. The lowest BCUT2D eigenvalue weighted by Gasteiger charge is -2.32. The molecule has 1 atom stereocenters. The molecule has 1 aromatic heterocycles. The highest BCUT2D eigenvalue weighted by Gasteiger charge is 2.32. The number of hydrogen-bond acceptors (Lipinski definition) is 7. The minimum atomic E-state index is -0.969. The Kier molecular flexibility index (Phi) is 8.85. The molecule has 43 heavy (non-hydrogen) atoms. The van der Waals surface area contributed by atoms with Gasteiger partial charge in [0.2, 0.25) is 5.91 Å². The summed E-state index contributed by atoms with van der Waals surface area (Å²) in [5, 5.41) is 11.4. The molecule has 10 nitrogen and oxygen atoms in total. The molecular weight excluding hydrogens is 544 g/mol. The van der Waals surface area contributed by atoms with Crippen molar-refractivity contribution in [1.82, 2.24) is 19.9 Å². The second-order valence-electron chi connectivity index (χ2n) is 10.2. The van der Waals surface area contributed by atoms with Crippen LogP contribution in [0, 0.1) is 0 Å². The molecule has 1 N–H and O–H groups in total. The number of anilines is 2. The normalized spacial score (nSPS) is 11.5. The standard InChI is InChI=1S/C33H34N6O4/c1-37(2)26-15-13-25(14-16-26)34-33(41)32(24-11-19-28(43-4)20-12-24)38(21-23-9-17-27(42-3)18-10-23)31(40)22-39-30-8-6-5-7-29(30)35-36-39/h5-20,32H,21-22H2,1-4H3,(H,34,41)/t32-/m0/s1. The number of nitrogens with one attached hydrogen (secondary N) is 1. The lowest BCUT2D eigenvalue weighted by molar-refractivity contribution is -0.140. The van der Waals surface area contributed by atoms with Gasteiger partial charge in [-0.05, 0) is 71.8 Å². The van der Waals surface area contributed by atoms with Crippen LogP contribution in [0.15, 0.2) is 97.1 Å². The van der Waals surface area contributed by atoms with Gasteiger partial charge in [0, 0.05) is 32.0 Å². The van der Waals surface area contributed by atoms with Crippen LogP contribution in [-0.2, 0) is 22.7 Å². The third-order valence-corrected chi connectivity index (χ3v) is 7.18. The van der Waals surface area contributed by atoms with Gasteiger partial charge in [0.25, 0.3) is 5.91 Å². The van der Waals surface area contributed by atoms with Crippen molar-refractivity contribution in [2.75, 3.05) is 38.5 Å². The molecule has 0 unspecified atom stereocenters. The van der Waals surface area contributed by atoms with Crippen molar-refractivity contribution < 1.29 is 19.1 Å². The maximum atomic E-state index is 14.2. The van der Waals surface area contributed by atoms with E-state index in [0.29, 0.717) is 28.3 Å². The second-order valence-corrected chi connectivity index (χ2v) is 10.2. The van der Waals surface area contributed by atoms with Gasteiger partial charge in [0.15, 0.2) is 0 Å². The highest BCUT2D eigenvalue weighted by Crippen LogP contribution is 2.29. The van der Waals surface area contributed by atoms with Crippen molar-refractivity contribution in [2.24, 2.45) is 0 Å². The second kappa shape index (κ2) is 13.1. The van der Waals surface area contributed by atoms with Crippen LogP contribution in [0.3, 0.4) is 0 Å². The van der Waals surface area contributed by atoms with E-state index < -0.39 is 6.04 Å². The van der Waals surface area contributed by atoms with E-state index in [1.165, 1.54) is 0 Å². The Morgan fingerprint density at radius 3 is 2.09 bits per heavy atom. The summed E-state index contributed by atoms with van der Waals surface area (Å²) in [5.74, 6) is 0.684. The Labute approximate surface area is 250 Å². The maximum absolute atomic E-state index is 14.2. The van der Waals surface area contributed by atoms with Crippen LogP contribution in [0.5, 0.6) is 11.5 Å². The number of carbonyl (C=O) groups excluding carboxylic acids is 2. The number of amides is 2.